The highest BCUT2D eigenvalue weighted by Gasteiger charge is 2.19. The lowest BCUT2D eigenvalue weighted by molar-refractivity contribution is 0.0952. The minimum absolute atomic E-state index is 0.0545. The van der Waals surface area contributed by atoms with Gasteiger partial charge in [-0.05, 0) is 74.7 Å². The Morgan fingerprint density at radius 2 is 1.85 bits per heavy atom. The van der Waals surface area contributed by atoms with Crippen molar-refractivity contribution in [3.63, 3.8) is 0 Å². The van der Waals surface area contributed by atoms with Crippen molar-refractivity contribution >= 4 is 23.1 Å². The minimum atomic E-state index is -1.06. The van der Waals surface area contributed by atoms with E-state index in [0.29, 0.717) is 35.7 Å². The standard InChI is InChI=1S/C29H34F2N6O2/c1-4-12-32-13-6-7-14-34-29(38)21-9-8-20(17-19(21)5-2)36-27-28-35-18-23(37(28)16-15-33-27)22-10-11-24(39-3)26(31)25(22)30/h8-11,15-18,32H,4-7,12-14H2,1-3H3,(H,33,36)(H,34,38). The molecule has 2 heterocycles. The Hall–Kier alpha value is -4.05. The summed E-state index contributed by atoms with van der Waals surface area (Å²) < 4.78 is 35.6. The minimum Gasteiger partial charge on any atom is -0.494 e. The highest BCUT2D eigenvalue weighted by molar-refractivity contribution is 5.96. The zero-order chi connectivity index (χ0) is 27.8. The lowest BCUT2D eigenvalue weighted by Gasteiger charge is -2.13. The molecule has 0 unspecified atom stereocenters. The molecular weight excluding hydrogens is 502 g/mol. The molecular formula is C29H34F2N6O2. The van der Waals surface area contributed by atoms with Gasteiger partial charge in [0.25, 0.3) is 5.91 Å². The summed E-state index contributed by atoms with van der Waals surface area (Å²) in [4.78, 5) is 21.6. The second kappa shape index (κ2) is 13.1. The van der Waals surface area contributed by atoms with Gasteiger partial charge in [0.15, 0.2) is 23.0 Å². The number of hydrogen-bond donors (Lipinski definition) is 3. The third-order valence-corrected chi connectivity index (χ3v) is 6.46. The average molecular weight is 537 g/mol. The first kappa shape index (κ1) is 28.0. The van der Waals surface area contributed by atoms with Gasteiger partial charge in [0.1, 0.15) is 0 Å². The van der Waals surface area contributed by atoms with E-state index < -0.39 is 11.6 Å². The van der Waals surface area contributed by atoms with Gasteiger partial charge in [-0.15, -0.1) is 0 Å². The van der Waals surface area contributed by atoms with Gasteiger partial charge in [-0.3, -0.25) is 9.20 Å². The molecule has 10 heteroatoms. The topological polar surface area (TPSA) is 92.6 Å². The molecule has 0 saturated carbocycles. The molecule has 0 bridgehead atoms. The molecule has 4 rings (SSSR count). The Bertz CT molecular complexity index is 1440. The van der Waals surface area contributed by atoms with Crippen LogP contribution in [-0.4, -0.2) is 47.0 Å². The Morgan fingerprint density at radius 1 is 1.03 bits per heavy atom. The van der Waals surface area contributed by atoms with E-state index in [1.165, 1.54) is 25.4 Å². The fraction of sp³-hybridized carbons (Fsp3) is 0.345. The van der Waals surface area contributed by atoms with E-state index in [1.807, 2.05) is 19.1 Å². The summed E-state index contributed by atoms with van der Waals surface area (Å²) >= 11 is 0. The lowest BCUT2D eigenvalue weighted by atomic mass is 10.0. The van der Waals surface area contributed by atoms with Crippen molar-refractivity contribution in [1.82, 2.24) is 25.0 Å². The molecule has 0 aliphatic carbocycles. The Morgan fingerprint density at radius 3 is 2.62 bits per heavy atom. The third kappa shape index (κ3) is 6.34. The van der Waals surface area contributed by atoms with Crippen LogP contribution in [0.5, 0.6) is 5.75 Å². The number of anilines is 2. The smallest absolute Gasteiger partial charge is 0.251 e. The van der Waals surface area contributed by atoms with E-state index in [-0.39, 0.29) is 17.2 Å². The van der Waals surface area contributed by atoms with Crippen molar-refractivity contribution in [2.45, 2.75) is 39.5 Å². The number of carbonyl (C=O) groups excluding carboxylic acids is 1. The van der Waals surface area contributed by atoms with Crippen LogP contribution in [0, 0.1) is 11.6 Å². The highest BCUT2D eigenvalue weighted by Crippen LogP contribution is 2.31. The molecule has 0 spiro atoms. The summed E-state index contributed by atoms with van der Waals surface area (Å²) in [6.45, 7) is 6.73. The number of benzene rings is 2. The van der Waals surface area contributed by atoms with Crippen molar-refractivity contribution in [3.05, 3.63) is 71.7 Å². The SMILES string of the molecule is CCCNCCCCNC(=O)c1ccc(Nc2nccn3c(-c4ccc(OC)c(F)c4F)cnc23)cc1CC. The number of hydrogen-bond acceptors (Lipinski definition) is 6. The van der Waals surface area contributed by atoms with Crippen LogP contribution in [-0.2, 0) is 6.42 Å². The van der Waals surface area contributed by atoms with Crippen LogP contribution >= 0.6 is 0 Å². The number of aromatic nitrogens is 3. The number of ether oxygens (including phenoxy) is 1. The maximum Gasteiger partial charge on any atom is 0.251 e. The largest absolute Gasteiger partial charge is 0.494 e. The van der Waals surface area contributed by atoms with Gasteiger partial charge in [-0.2, -0.15) is 4.39 Å². The van der Waals surface area contributed by atoms with Gasteiger partial charge < -0.3 is 20.7 Å². The number of nitrogens with zero attached hydrogens (tertiary/aromatic N) is 3. The number of imidazole rings is 1. The summed E-state index contributed by atoms with van der Waals surface area (Å²) in [5.74, 6) is -1.90. The summed E-state index contributed by atoms with van der Waals surface area (Å²) in [5.41, 5.74) is 3.14. The van der Waals surface area contributed by atoms with Crippen LogP contribution < -0.4 is 20.7 Å². The second-order valence-corrected chi connectivity index (χ2v) is 9.12. The molecule has 206 valence electrons. The maximum absolute atomic E-state index is 14.8. The van der Waals surface area contributed by atoms with Crippen molar-refractivity contribution in [3.8, 4) is 17.0 Å². The van der Waals surface area contributed by atoms with Crippen LogP contribution in [0.3, 0.4) is 0 Å². The molecule has 0 aliphatic heterocycles. The Kier molecular flexibility index (Phi) is 9.43. The van der Waals surface area contributed by atoms with E-state index in [9.17, 15) is 13.6 Å². The number of fused-ring (bicyclic) bond motifs is 1. The molecule has 0 atom stereocenters. The number of halogens is 2. The monoisotopic (exact) mass is 536 g/mol. The van der Waals surface area contributed by atoms with Gasteiger partial charge in [-0.1, -0.05) is 13.8 Å². The molecule has 0 saturated heterocycles. The van der Waals surface area contributed by atoms with Crippen LogP contribution in [0.1, 0.15) is 49.0 Å². The molecule has 2 aromatic carbocycles. The fourth-order valence-electron chi connectivity index (χ4n) is 4.39. The molecule has 0 aliphatic rings. The van der Waals surface area contributed by atoms with Crippen LogP contribution in [0.2, 0.25) is 0 Å². The summed E-state index contributed by atoms with van der Waals surface area (Å²) in [5, 5.41) is 9.63. The van der Waals surface area contributed by atoms with Gasteiger partial charge in [0.2, 0.25) is 5.82 Å². The number of rotatable bonds is 13. The zero-order valence-corrected chi connectivity index (χ0v) is 22.5. The number of aryl methyl sites for hydroxylation is 1. The molecule has 4 aromatic rings. The first-order valence-corrected chi connectivity index (χ1v) is 13.2. The average Bonchev–Trinajstić information content (AvgIpc) is 3.38. The van der Waals surface area contributed by atoms with Gasteiger partial charge in [-0.25, -0.2) is 14.4 Å². The summed E-state index contributed by atoms with van der Waals surface area (Å²) in [6.07, 6.45) is 8.37. The Labute approximate surface area is 226 Å². The van der Waals surface area contributed by atoms with Crippen LogP contribution in [0.25, 0.3) is 16.9 Å². The number of methoxy groups -OCH3 is 1. The predicted molar refractivity (Wildman–Crippen MR) is 149 cm³/mol. The van der Waals surface area contributed by atoms with Crippen molar-refractivity contribution in [1.29, 1.82) is 0 Å². The van der Waals surface area contributed by atoms with E-state index in [1.54, 1.807) is 22.9 Å². The molecule has 0 fully saturated rings. The third-order valence-electron chi connectivity index (χ3n) is 6.46. The first-order chi connectivity index (χ1) is 19.0. The van der Waals surface area contributed by atoms with Gasteiger partial charge >= 0.3 is 0 Å². The van der Waals surface area contributed by atoms with E-state index in [4.69, 9.17) is 4.74 Å². The van der Waals surface area contributed by atoms with Crippen LogP contribution in [0.4, 0.5) is 20.3 Å². The first-order valence-electron chi connectivity index (χ1n) is 13.2. The molecule has 3 N–H and O–H groups in total. The molecule has 2 aromatic heterocycles. The quantitative estimate of drug-likeness (QED) is 0.196. The lowest BCUT2D eigenvalue weighted by Crippen LogP contribution is -2.26. The van der Waals surface area contributed by atoms with E-state index in [0.717, 1.165) is 43.6 Å². The fourth-order valence-corrected chi connectivity index (χ4v) is 4.39. The molecule has 0 radical (unpaired) electrons. The zero-order valence-electron chi connectivity index (χ0n) is 22.5. The highest BCUT2D eigenvalue weighted by atomic mass is 19.2. The molecule has 39 heavy (non-hydrogen) atoms. The predicted octanol–water partition coefficient (Wildman–Crippen LogP) is 5.50. The second-order valence-electron chi connectivity index (χ2n) is 9.12. The number of amides is 1. The molecule has 8 nitrogen and oxygen atoms in total. The number of carbonyl (C=O) groups is 1. The number of nitrogens with one attached hydrogen (secondary N) is 3. The normalized spacial score (nSPS) is 11.1. The summed E-state index contributed by atoms with van der Waals surface area (Å²) in [6, 6.07) is 8.36. The van der Waals surface area contributed by atoms with Crippen molar-refractivity contribution in [2.24, 2.45) is 0 Å². The van der Waals surface area contributed by atoms with E-state index >= 15 is 0 Å². The maximum atomic E-state index is 14.8. The summed E-state index contributed by atoms with van der Waals surface area (Å²) in [7, 11) is 1.28. The van der Waals surface area contributed by atoms with Crippen molar-refractivity contribution in [2.75, 3.05) is 32.1 Å². The van der Waals surface area contributed by atoms with Gasteiger partial charge in [0, 0.05) is 35.8 Å². The van der Waals surface area contributed by atoms with Gasteiger partial charge in [0.05, 0.1) is 19.0 Å². The molecule has 1 amide bonds. The van der Waals surface area contributed by atoms with Crippen molar-refractivity contribution < 1.29 is 18.3 Å². The van der Waals surface area contributed by atoms with E-state index in [2.05, 4.69) is 32.8 Å². The number of unbranched alkanes of at least 4 members (excludes halogenated alkanes) is 1. The van der Waals surface area contributed by atoms with Crippen LogP contribution in [0.15, 0.2) is 48.9 Å². The Balaban J connectivity index is 1.49.